The molecule has 3 nitrogen and oxygen atoms in total. The zero-order valence-corrected chi connectivity index (χ0v) is 11.7. The molecule has 1 aliphatic rings. The van der Waals surface area contributed by atoms with Gasteiger partial charge in [-0.2, -0.15) is 0 Å². The first kappa shape index (κ1) is 13.7. The molecule has 0 aliphatic heterocycles. The predicted molar refractivity (Wildman–Crippen MR) is 77.8 cm³/mol. The van der Waals surface area contributed by atoms with Crippen molar-refractivity contribution < 1.29 is 9.53 Å². The maximum Gasteiger partial charge on any atom is 0.331 e. The van der Waals surface area contributed by atoms with Crippen LogP contribution in [0, 0.1) is 0 Å². The van der Waals surface area contributed by atoms with Gasteiger partial charge in [0.1, 0.15) is 0 Å². The summed E-state index contributed by atoms with van der Waals surface area (Å²) in [6.45, 7) is 1.96. The van der Waals surface area contributed by atoms with E-state index in [9.17, 15) is 4.79 Å². The number of halogens is 1. The molecule has 1 unspecified atom stereocenters. The Morgan fingerprint density at radius 3 is 2.79 bits per heavy atom. The maximum absolute atomic E-state index is 11.7. The summed E-state index contributed by atoms with van der Waals surface area (Å²) in [5.41, 5.74) is 9.61. The molecule has 2 rings (SSSR count). The third-order valence-corrected chi connectivity index (χ3v) is 3.63. The van der Waals surface area contributed by atoms with Gasteiger partial charge in [0.2, 0.25) is 0 Å². The smallest absolute Gasteiger partial charge is 0.331 e. The predicted octanol–water partition coefficient (Wildman–Crippen LogP) is 3.15. The van der Waals surface area contributed by atoms with Crippen LogP contribution in [0.4, 0.5) is 5.69 Å². The van der Waals surface area contributed by atoms with Crippen molar-refractivity contribution in [3.8, 4) is 0 Å². The van der Waals surface area contributed by atoms with Gasteiger partial charge in [-0.3, -0.25) is 0 Å². The molecule has 0 amide bonds. The molecule has 0 fully saturated rings. The molecular weight excluding hydrogens is 262 g/mol. The largest absolute Gasteiger partial charge is 0.467 e. The summed E-state index contributed by atoms with van der Waals surface area (Å²) in [6.07, 6.45) is 3.98. The van der Waals surface area contributed by atoms with Crippen LogP contribution < -0.4 is 5.73 Å². The van der Waals surface area contributed by atoms with Crippen LogP contribution in [0.1, 0.15) is 18.9 Å². The second-order valence-corrected chi connectivity index (χ2v) is 5.36. The Labute approximate surface area is 117 Å². The monoisotopic (exact) mass is 277 g/mol. The molecule has 0 heterocycles. The van der Waals surface area contributed by atoms with E-state index in [-0.39, 0.29) is 0 Å². The molecule has 0 saturated heterocycles. The first-order valence-corrected chi connectivity index (χ1v) is 6.36. The summed E-state index contributed by atoms with van der Waals surface area (Å²) in [7, 11) is 1.34. The number of nitrogens with two attached hydrogens (primary N) is 1. The molecule has 100 valence electrons. The van der Waals surface area contributed by atoms with Crippen molar-refractivity contribution in [3.05, 3.63) is 47.6 Å². The minimum absolute atomic E-state index is 0.432. The van der Waals surface area contributed by atoms with Gasteiger partial charge in [-0.15, -0.1) is 11.6 Å². The number of carbonyl (C=O) groups is 1. The van der Waals surface area contributed by atoms with Crippen molar-refractivity contribution in [2.24, 2.45) is 0 Å². The van der Waals surface area contributed by atoms with Gasteiger partial charge in [0, 0.05) is 12.1 Å². The number of benzene rings is 1. The summed E-state index contributed by atoms with van der Waals surface area (Å²) in [6, 6.07) is 7.63. The van der Waals surface area contributed by atoms with Crippen LogP contribution in [0.2, 0.25) is 0 Å². The number of methoxy groups -OCH3 is 1. The molecule has 0 saturated carbocycles. The van der Waals surface area contributed by atoms with Crippen molar-refractivity contribution in [1.82, 2.24) is 0 Å². The number of esters is 1. The van der Waals surface area contributed by atoms with Gasteiger partial charge in [-0.25, -0.2) is 4.79 Å². The fourth-order valence-electron chi connectivity index (χ4n) is 2.26. The maximum atomic E-state index is 11.7. The SMILES string of the molecule is COC(=O)C1(Cl)C=CC(c2cccc(N)c2)=C(C)C1. The Morgan fingerprint density at radius 2 is 2.21 bits per heavy atom. The Kier molecular flexibility index (Phi) is 3.67. The van der Waals surface area contributed by atoms with E-state index in [0.29, 0.717) is 12.1 Å². The fourth-order valence-corrected chi connectivity index (χ4v) is 2.60. The van der Waals surface area contributed by atoms with Gasteiger partial charge in [-0.05, 0) is 30.2 Å². The lowest BCUT2D eigenvalue weighted by atomic mass is 9.86. The van der Waals surface area contributed by atoms with Gasteiger partial charge in [0.05, 0.1) is 7.11 Å². The zero-order valence-electron chi connectivity index (χ0n) is 10.9. The average Bonchev–Trinajstić information content (AvgIpc) is 2.37. The first-order chi connectivity index (χ1) is 8.96. The number of allylic oxidation sites excluding steroid dienone is 3. The molecule has 1 aromatic rings. The highest BCUT2D eigenvalue weighted by molar-refractivity contribution is 6.36. The highest BCUT2D eigenvalue weighted by Crippen LogP contribution is 2.37. The average molecular weight is 278 g/mol. The minimum atomic E-state index is -1.09. The van der Waals surface area contributed by atoms with Gasteiger partial charge in [0.25, 0.3) is 0 Å². The van der Waals surface area contributed by atoms with Gasteiger partial charge in [0.15, 0.2) is 4.87 Å². The lowest BCUT2D eigenvalue weighted by Gasteiger charge is -2.26. The van der Waals surface area contributed by atoms with Crippen LogP contribution in [0.5, 0.6) is 0 Å². The Bertz CT molecular complexity index is 577. The highest BCUT2D eigenvalue weighted by Gasteiger charge is 2.37. The summed E-state index contributed by atoms with van der Waals surface area (Å²) >= 11 is 6.28. The van der Waals surface area contributed by atoms with E-state index in [1.165, 1.54) is 7.11 Å². The number of hydrogen-bond donors (Lipinski definition) is 1. The molecular formula is C15H16ClNO2. The normalized spacial score (nSPS) is 22.5. The van der Waals surface area contributed by atoms with Crippen LogP contribution in [0.3, 0.4) is 0 Å². The van der Waals surface area contributed by atoms with E-state index in [2.05, 4.69) is 0 Å². The molecule has 0 bridgehead atoms. The molecule has 0 spiro atoms. The molecule has 0 radical (unpaired) electrons. The Balaban J connectivity index is 2.35. The van der Waals surface area contributed by atoms with Crippen molar-refractivity contribution in [3.63, 3.8) is 0 Å². The summed E-state index contributed by atoms with van der Waals surface area (Å²) in [5, 5.41) is 0. The summed E-state index contributed by atoms with van der Waals surface area (Å²) in [5.74, 6) is -0.434. The number of hydrogen-bond acceptors (Lipinski definition) is 3. The molecule has 1 aliphatic carbocycles. The molecule has 2 N–H and O–H groups in total. The minimum Gasteiger partial charge on any atom is -0.467 e. The number of alkyl halides is 1. The second kappa shape index (κ2) is 5.10. The lowest BCUT2D eigenvalue weighted by molar-refractivity contribution is -0.142. The summed E-state index contributed by atoms with van der Waals surface area (Å²) < 4.78 is 4.74. The summed E-state index contributed by atoms with van der Waals surface area (Å²) in [4.78, 5) is 10.6. The van der Waals surface area contributed by atoms with E-state index >= 15 is 0 Å². The van der Waals surface area contributed by atoms with Crippen molar-refractivity contribution >= 4 is 28.8 Å². The van der Waals surface area contributed by atoms with Gasteiger partial charge < -0.3 is 10.5 Å². The number of anilines is 1. The van der Waals surface area contributed by atoms with Gasteiger partial charge >= 0.3 is 5.97 Å². The van der Waals surface area contributed by atoms with E-state index in [1.807, 2.05) is 37.3 Å². The first-order valence-electron chi connectivity index (χ1n) is 5.98. The number of nitrogen functional groups attached to an aromatic ring is 1. The highest BCUT2D eigenvalue weighted by atomic mass is 35.5. The van der Waals surface area contributed by atoms with Crippen molar-refractivity contribution in [1.29, 1.82) is 0 Å². The number of ether oxygens (including phenoxy) is 1. The van der Waals surface area contributed by atoms with E-state index in [1.54, 1.807) is 6.08 Å². The van der Waals surface area contributed by atoms with Crippen molar-refractivity contribution in [2.75, 3.05) is 12.8 Å². The Morgan fingerprint density at radius 1 is 1.47 bits per heavy atom. The zero-order chi connectivity index (χ0) is 14.0. The Hall–Kier alpha value is -1.74. The standard InChI is InChI=1S/C15H16ClNO2/c1-10-9-15(16,14(18)19-2)7-6-13(10)11-4-3-5-12(17)8-11/h3-8H,9,17H2,1-2H3. The number of carbonyl (C=O) groups excluding carboxylic acids is 1. The number of rotatable bonds is 2. The lowest BCUT2D eigenvalue weighted by Crippen LogP contribution is -2.33. The van der Waals surface area contributed by atoms with Crippen LogP contribution in [0.25, 0.3) is 5.57 Å². The quantitative estimate of drug-likeness (QED) is 0.513. The topological polar surface area (TPSA) is 52.3 Å². The van der Waals surface area contributed by atoms with Crippen LogP contribution >= 0.6 is 11.6 Å². The third-order valence-electron chi connectivity index (χ3n) is 3.22. The molecule has 1 atom stereocenters. The molecule has 4 heteroatoms. The van der Waals surface area contributed by atoms with E-state index < -0.39 is 10.8 Å². The molecule has 1 aromatic carbocycles. The van der Waals surface area contributed by atoms with Crippen LogP contribution in [-0.4, -0.2) is 18.0 Å². The van der Waals surface area contributed by atoms with Crippen LogP contribution in [-0.2, 0) is 9.53 Å². The molecule has 19 heavy (non-hydrogen) atoms. The van der Waals surface area contributed by atoms with E-state index in [4.69, 9.17) is 22.1 Å². The fraction of sp³-hybridized carbons (Fsp3) is 0.267. The van der Waals surface area contributed by atoms with Crippen LogP contribution in [0.15, 0.2) is 42.0 Å². The van der Waals surface area contributed by atoms with E-state index in [0.717, 1.165) is 16.7 Å². The third kappa shape index (κ3) is 2.66. The van der Waals surface area contributed by atoms with Crippen molar-refractivity contribution in [2.45, 2.75) is 18.2 Å². The molecule has 0 aromatic heterocycles. The second-order valence-electron chi connectivity index (χ2n) is 4.68. The van der Waals surface area contributed by atoms with Gasteiger partial charge in [-0.1, -0.05) is 29.9 Å².